The quantitative estimate of drug-likeness (QED) is 0.417. The van der Waals surface area contributed by atoms with Crippen LogP contribution in [0.2, 0.25) is 5.02 Å². The van der Waals surface area contributed by atoms with Crippen LogP contribution in [0.25, 0.3) is 0 Å². The molecule has 106 valence electrons. The van der Waals surface area contributed by atoms with Gasteiger partial charge in [-0.15, -0.1) is 0 Å². The zero-order chi connectivity index (χ0) is 14.5. The van der Waals surface area contributed by atoms with Crippen LogP contribution in [0.4, 0.5) is 5.69 Å². The summed E-state index contributed by atoms with van der Waals surface area (Å²) in [5, 5.41) is 41.3. The summed E-state index contributed by atoms with van der Waals surface area (Å²) in [5.74, 6) is 0. The van der Waals surface area contributed by atoms with E-state index in [4.69, 9.17) is 26.9 Å². The molecule has 1 aromatic rings. The maximum absolute atomic E-state index is 10.9. The lowest BCUT2D eigenvalue weighted by molar-refractivity contribution is -0.385. The molecule has 8 heteroatoms. The normalized spacial score (nSPS) is 11.6. The highest BCUT2D eigenvalue weighted by molar-refractivity contribution is 6.30. The molecule has 0 radical (unpaired) electrons. The van der Waals surface area contributed by atoms with Crippen LogP contribution in [0.1, 0.15) is 5.56 Å². The van der Waals surface area contributed by atoms with Crippen LogP contribution in [0, 0.1) is 10.1 Å². The number of nitrogens with zero attached hydrogens (tertiary/aromatic N) is 1. The molecule has 0 unspecified atom stereocenters. The van der Waals surface area contributed by atoms with E-state index < -0.39 is 30.3 Å². The molecule has 0 bridgehead atoms. The fourth-order valence-corrected chi connectivity index (χ4v) is 1.62. The van der Waals surface area contributed by atoms with Gasteiger partial charge >= 0.3 is 0 Å². The van der Waals surface area contributed by atoms with Gasteiger partial charge in [-0.3, -0.25) is 10.1 Å². The fraction of sp³-hybridized carbons (Fsp3) is 0.455. The molecule has 0 aromatic heterocycles. The lowest BCUT2D eigenvalue weighted by atomic mass is 10.0. The molecular weight excluding hydrogens is 276 g/mol. The Morgan fingerprint density at radius 2 is 1.84 bits per heavy atom. The molecule has 0 aliphatic rings. The Morgan fingerprint density at radius 1 is 1.26 bits per heavy atom. The van der Waals surface area contributed by atoms with Gasteiger partial charge in [0.1, 0.15) is 0 Å². The minimum Gasteiger partial charge on any atom is -0.394 e. The predicted octanol–water partition coefficient (Wildman–Crippen LogP) is 0.0535. The molecule has 0 aliphatic carbocycles. The molecule has 0 fully saturated rings. The molecule has 7 nitrogen and oxygen atoms in total. The Kier molecular flexibility index (Phi) is 5.64. The third-order valence-electron chi connectivity index (χ3n) is 2.81. The van der Waals surface area contributed by atoms with E-state index in [-0.39, 0.29) is 17.3 Å². The van der Waals surface area contributed by atoms with Crippen molar-refractivity contribution in [3.05, 3.63) is 38.9 Å². The van der Waals surface area contributed by atoms with Gasteiger partial charge < -0.3 is 20.6 Å². The monoisotopic (exact) mass is 290 g/mol. The number of benzene rings is 1. The van der Waals surface area contributed by atoms with Crippen LogP contribution < -0.4 is 5.32 Å². The number of aliphatic hydroxyl groups is 3. The molecule has 0 amide bonds. The van der Waals surface area contributed by atoms with E-state index in [1.54, 1.807) is 0 Å². The van der Waals surface area contributed by atoms with Gasteiger partial charge in [0.2, 0.25) is 0 Å². The van der Waals surface area contributed by atoms with Crippen LogP contribution in [-0.2, 0) is 6.54 Å². The average molecular weight is 291 g/mol. The first-order chi connectivity index (χ1) is 8.98. The van der Waals surface area contributed by atoms with Gasteiger partial charge in [-0.05, 0) is 12.1 Å². The van der Waals surface area contributed by atoms with Crippen molar-refractivity contribution in [3.8, 4) is 0 Å². The zero-order valence-corrected chi connectivity index (χ0v) is 10.8. The van der Waals surface area contributed by atoms with Crippen LogP contribution in [-0.4, -0.2) is 45.6 Å². The number of rotatable bonds is 7. The Balaban J connectivity index is 2.91. The molecule has 1 aromatic carbocycles. The second kappa shape index (κ2) is 6.78. The molecule has 4 N–H and O–H groups in total. The van der Waals surface area contributed by atoms with Crippen molar-refractivity contribution in [1.29, 1.82) is 0 Å². The lowest BCUT2D eigenvalue weighted by Gasteiger charge is -2.28. The van der Waals surface area contributed by atoms with E-state index in [0.717, 1.165) is 0 Å². The summed E-state index contributed by atoms with van der Waals surface area (Å²) in [5.41, 5.74) is -1.11. The molecule has 0 spiro atoms. The Morgan fingerprint density at radius 3 is 2.32 bits per heavy atom. The first-order valence-corrected chi connectivity index (χ1v) is 5.86. The number of hydrogen-bond donors (Lipinski definition) is 4. The molecular formula is C11H15ClN2O5. The summed E-state index contributed by atoms with van der Waals surface area (Å²) in [7, 11) is 0. The molecule has 1 rings (SSSR count). The second-order valence-electron chi connectivity index (χ2n) is 4.14. The van der Waals surface area contributed by atoms with E-state index in [1.807, 2.05) is 0 Å². The summed E-state index contributed by atoms with van der Waals surface area (Å²) in [6, 6.07) is 4.20. The van der Waals surface area contributed by atoms with Gasteiger partial charge in [0, 0.05) is 23.2 Å². The summed E-state index contributed by atoms with van der Waals surface area (Å²) >= 11 is 5.69. The van der Waals surface area contributed by atoms with Crippen molar-refractivity contribution in [2.45, 2.75) is 12.1 Å². The summed E-state index contributed by atoms with van der Waals surface area (Å²) in [6.45, 7) is -1.49. The van der Waals surface area contributed by atoms with E-state index in [2.05, 4.69) is 5.32 Å². The van der Waals surface area contributed by atoms with E-state index in [0.29, 0.717) is 5.56 Å². The predicted molar refractivity (Wildman–Crippen MR) is 68.9 cm³/mol. The van der Waals surface area contributed by atoms with Crippen LogP contribution in [0.5, 0.6) is 0 Å². The molecule has 19 heavy (non-hydrogen) atoms. The van der Waals surface area contributed by atoms with Crippen molar-refractivity contribution in [3.63, 3.8) is 0 Å². The van der Waals surface area contributed by atoms with E-state index in [1.165, 1.54) is 18.2 Å². The van der Waals surface area contributed by atoms with Crippen molar-refractivity contribution < 1.29 is 20.2 Å². The number of nitrogens with one attached hydrogen (secondary N) is 1. The van der Waals surface area contributed by atoms with Crippen molar-refractivity contribution in [1.82, 2.24) is 5.32 Å². The summed E-state index contributed by atoms with van der Waals surface area (Å²) in [6.07, 6.45) is 0. The zero-order valence-electron chi connectivity index (χ0n) is 10.0. The SMILES string of the molecule is O=[N+]([O-])c1cc(Cl)ccc1CNC(CO)(CO)CO. The molecule has 0 saturated heterocycles. The second-order valence-corrected chi connectivity index (χ2v) is 4.57. The van der Waals surface area contributed by atoms with Crippen LogP contribution in [0.3, 0.4) is 0 Å². The summed E-state index contributed by atoms with van der Waals surface area (Å²) < 4.78 is 0. The molecule has 0 saturated carbocycles. The number of hydrogen-bond acceptors (Lipinski definition) is 6. The standard InChI is InChI=1S/C11H15ClN2O5/c12-9-2-1-8(10(3-9)14(18)19)4-13-11(5-15,6-16)7-17/h1-3,13,15-17H,4-7H2. The van der Waals surface area contributed by atoms with E-state index >= 15 is 0 Å². The van der Waals surface area contributed by atoms with Crippen LogP contribution in [0.15, 0.2) is 18.2 Å². The largest absolute Gasteiger partial charge is 0.394 e. The van der Waals surface area contributed by atoms with Crippen LogP contribution >= 0.6 is 11.6 Å². The third kappa shape index (κ3) is 3.85. The van der Waals surface area contributed by atoms with E-state index in [9.17, 15) is 10.1 Å². The third-order valence-corrected chi connectivity index (χ3v) is 3.04. The van der Waals surface area contributed by atoms with Gasteiger partial charge in [-0.25, -0.2) is 0 Å². The maximum Gasteiger partial charge on any atom is 0.275 e. The Labute approximate surface area is 114 Å². The molecule has 0 aliphatic heterocycles. The van der Waals surface area contributed by atoms with Crippen molar-refractivity contribution in [2.75, 3.05) is 19.8 Å². The molecule has 0 heterocycles. The van der Waals surface area contributed by atoms with Crippen molar-refractivity contribution >= 4 is 17.3 Å². The minimum absolute atomic E-state index is 0.00909. The van der Waals surface area contributed by atoms with Gasteiger partial charge in [0.25, 0.3) is 5.69 Å². The molecule has 0 atom stereocenters. The average Bonchev–Trinajstić information content (AvgIpc) is 2.42. The smallest absolute Gasteiger partial charge is 0.275 e. The van der Waals surface area contributed by atoms with Gasteiger partial charge in [0.15, 0.2) is 0 Å². The number of halogens is 1. The Hall–Kier alpha value is -1.25. The highest BCUT2D eigenvalue weighted by Crippen LogP contribution is 2.23. The minimum atomic E-state index is -1.28. The fourth-order valence-electron chi connectivity index (χ4n) is 1.46. The first kappa shape index (κ1) is 15.8. The number of nitro groups is 1. The van der Waals surface area contributed by atoms with Gasteiger partial charge in [-0.2, -0.15) is 0 Å². The topological polar surface area (TPSA) is 116 Å². The Bertz CT molecular complexity index is 442. The maximum atomic E-state index is 10.9. The highest BCUT2D eigenvalue weighted by atomic mass is 35.5. The number of nitro benzene ring substituents is 1. The van der Waals surface area contributed by atoms with Gasteiger partial charge in [0.05, 0.1) is 30.3 Å². The summed E-state index contributed by atoms with van der Waals surface area (Å²) in [4.78, 5) is 10.3. The number of aliphatic hydroxyl groups excluding tert-OH is 3. The van der Waals surface area contributed by atoms with Gasteiger partial charge in [-0.1, -0.05) is 11.6 Å². The van der Waals surface area contributed by atoms with Crippen molar-refractivity contribution in [2.24, 2.45) is 0 Å². The first-order valence-electron chi connectivity index (χ1n) is 5.48. The lowest BCUT2D eigenvalue weighted by Crippen LogP contribution is -2.54. The highest BCUT2D eigenvalue weighted by Gasteiger charge is 2.28.